The molecule has 0 N–H and O–H groups in total. The highest BCUT2D eigenvalue weighted by atomic mass is 16.6. The summed E-state index contributed by atoms with van der Waals surface area (Å²) in [7, 11) is 0. The van der Waals surface area contributed by atoms with E-state index >= 15 is 0 Å². The first-order valence-corrected chi connectivity index (χ1v) is 5.72. The third-order valence-electron chi connectivity index (χ3n) is 4.07. The minimum atomic E-state index is -0.275. The van der Waals surface area contributed by atoms with Crippen LogP contribution in [0, 0.1) is 17.8 Å². The Kier molecular flexibility index (Phi) is 2.09. The molecule has 3 heteroatoms. The SMILES string of the molecule is C=CC(=O)OC1CC2CC(C3CO3)C1C2. The number of carbonyl (C=O) groups is 1. The standard InChI is InChI=1S/C12H16O3/c1-2-12(13)15-10-5-7-3-8(10)9(4-7)11-6-14-11/h2,7-11H,1,3-6H2. The maximum Gasteiger partial charge on any atom is 0.330 e. The normalized spacial score (nSPS) is 46.5. The zero-order chi connectivity index (χ0) is 10.4. The minimum absolute atomic E-state index is 0.128. The van der Waals surface area contributed by atoms with E-state index in [0.29, 0.717) is 17.9 Å². The number of ether oxygens (including phenoxy) is 2. The van der Waals surface area contributed by atoms with Gasteiger partial charge in [0, 0.05) is 12.0 Å². The first-order chi connectivity index (χ1) is 7.28. The lowest BCUT2D eigenvalue weighted by molar-refractivity contribution is -0.146. The van der Waals surface area contributed by atoms with Crippen molar-refractivity contribution in [3.8, 4) is 0 Å². The molecule has 3 rings (SSSR count). The first kappa shape index (κ1) is 9.40. The molecule has 0 spiro atoms. The summed E-state index contributed by atoms with van der Waals surface area (Å²) in [6.45, 7) is 4.34. The molecule has 3 aliphatic rings. The number of hydrogen-bond acceptors (Lipinski definition) is 3. The molecule has 15 heavy (non-hydrogen) atoms. The molecule has 0 amide bonds. The van der Waals surface area contributed by atoms with E-state index in [-0.39, 0.29) is 12.1 Å². The fourth-order valence-electron chi connectivity index (χ4n) is 3.40. The van der Waals surface area contributed by atoms with Gasteiger partial charge in [-0.3, -0.25) is 0 Å². The van der Waals surface area contributed by atoms with Gasteiger partial charge in [0.2, 0.25) is 0 Å². The van der Waals surface area contributed by atoms with Gasteiger partial charge in [-0.25, -0.2) is 4.79 Å². The van der Waals surface area contributed by atoms with Crippen LogP contribution in [-0.2, 0) is 14.3 Å². The summed E-state index contributed by atoms with van der Waals surface area (Å²) in [5, 5.41) is 0. The minimum Gasteiger partial charge on any atom is -0.459 e. The van der Waals surface area contributed by atoms with Gasteiger partial charge in [-0.15, -0.1) is 0 Å². The molecule has 1 heterocycles. The van der Waals surface area contributed by atoms with Gasteiger partial charge in [-0.2, -0.15) is 0 Å². The Labute approximate surface area is 89.4 Å². The van der Waals surface area contributed by atoms with Crippen LogP contribution in [0.3, 0.4) is 0 Å². The van der Waals surface area contributed by atoms with Crippen LogP contribution in [0.4, 0.5) is 0 Å². The Balaban J connectivity index is 1.66. The molecule has 0 aromatic heterocycles. The van der Waals surface area contributed by atoms with E-state index in [1.165, 1.54) is 18.9 Å². The Morgan fingerprint density at radius 1 is 1.33 bits per heavy atom. The van der Waals surface area contributed by atoms with E-state index in [0.717, 1.165) is 18.9 Å². The summed E-state index contributed by atoms with van der Waals surface area (Å²) in [5.41, 5.74) is 0. The predicted octanol–water partition coefficient (Wildman–Crippen LogP) is 1.53. The fourth-order valence-corrected chi connectivity index (χ4v) is 3.40. The Hall–Kier alpha value is -0.830. The highest BCUT2D eigenvalue weighted by Crippen LogP contribution is 2.53. The molecule has 1 aliphatic heterocycles. The van der Waals surface area contributed by atoms with E-state index in [9.17, 15) is 4.79 Å². The van der Waals surface area contributed by atoms with Gasteiger partial charge in [0.1, 0.15) is 6.10 Å². The molecular weight excluding hydrogens is 192 g/mol. The average Bonchev–Trinajstić information content (AvgIpc) is 2.91. The maximum absolute atomic E-state index is 11.2. The van der Waals surface area contributed by atoms with Crippen LogP contribution in [0.5, 0.6) is 0 Å². The average molecular weight is 208 g/mol. The van der Waals surface area contributed by atoms with Crippen LogP contribution in [0.1, 0.15) is 19.3 Å². The molecule has 5 atom stereocenters. The lowest BCUT2D eigenvalue weighted by Crippen LogP contribution is -2.31. The molecule has 2 bridgehead atoms. The van der Waals surface area contributed by atoms with Gasteiger partial charge in [0.05, 0.1) is 12.7 Å². The highest BCUT2D eigenvalue weighted by Gasteiger charge is 2.53. The lowest BCUT2D eigenvalue weighted by Gasteiger charge is -2.27. The van der Waals surface area contributed by atoms with Crippen molar-refractivity contribution in [2.45, 2.75) is 31.5 Å². The molecule has 0 aromatic rings. The molecule has 5 unspecified atom stereocenters. The van der Waals surface area contributed by atoms with Crippen molar-refractivity contribution in [3.05, 3.63) is 12.7 Å². The molecular formula is C12H16O3. The largest absolute Gasteiger partial charge is 0.459 e. The van der Waals surface area contributed by atoms with Crippen LogP contribution < -0.4 is 0 Å². The molecule has 3 fully saturated rings. The third-order valence-corrected chi connectivity index (χ3v) is 4.07. The van der Waals surface area contributed by atoms with Crippen LogP contribution in [0.15, 0.2) is 12.7 Å². The van der Waals surface area contributed by atoms with Gasteiger partial charge in [0.25, 0.3) is 0 Å². The second-order valence-electron chi connectivity index (χ2n) is 4.95. The number of hydrogen-bond donors (Lipinski definition) is 0. The summed E-state index contributed by atoms with van der Waals surface area (Å²) in [5.74, 6) is 1.67. The van der Waals surface area contributed by atoms with Gasteiger partial charge in [-0.05, 0) is 31.1 Å². The second kappa shape index (κ2) is 3.34. The van der Waals surface area contributed by atoms with Crippen LogP contribution in [0.2, 0.25) is 0 Å². The molecule has 2 aliphatic carbocycles. The lowest BCUT2D eigenvalue weighted by atomic mass is 9.84. The van der Waals surface area contributed by atoms with E-state index in [1.807, 2.05) is 0 Å². The van der Waals surface area contributed by atoms with Gasteiger partial charge < -0.3 is 9.47 Å². The van der Waals surface area contributed by atoms with E-state index < -0.39 is 0 Å². The Bertz CT molecular complexity index is 295. The number of esters is 1. The topological polar surface area (TPSA) is 38.8 Å². The zero-order valence-corrected chi connectivity index (χ0v) is 8.72. The molecule has 3 nitrogen and oxygen atoms in total. The van der Waals surface area contributed by atoms with Crippen LogP contribution in [0.25, 0.3) is 0 Å². The van der Waals surface area contributed by atoms with Crippen molar-refractivity contribution in [2.24, 2.45) is 17.8 Å². The third kappa shape index (κ3) is 1.59. The van der Waals surface area contributed by atoms with Crippen molar-refractivity contribution >= 4 is 5.97 Å². The Morgan fingerprint density at radius 3 is 2.67 bits per heavy atom. The van der Waals surface area contributed by atoms with E-state index in [4.69, 9.17) is 9.47 Å². The van der Waals surface area contributed by atoms with Crippen molar-refractivity contribution in [1.82, 2.24) is 0 Å². The van der Waals surface area contributed by atoms with Crippen molar-refractivity contribution in [3.63, 3.8) is 0 Å². The molecule has 0 aromatic carbocycles. The maximum atomic E-state index is 11.2. The van der Waals surface area contributed by atoms with Gasteiger partial charge >= 0.3 is 5.97 Å². The monoisotopic (exact) mass is 208 g/mol. The molecule has 1 saturated heterocycles. The molecule has 2 saturated carbocycles. The highest BCUT2D eigenvalue weighted by molar-refractivity contribution is 5.81. The van der Waals surface area contributed by atoms with Crippen molar-refractivity contribution in [1.29, 1.82) is 0 Å². The van der Waals surface area contributed by atoms with Gasteiger partial charge in [0.15, 0.2) is 0 Å². The summed E-state index contributed by atoms with van der Waals surface area (Å²) in [6, 6.07) is 0. The zero-order valence-electron chi connectivity index (χ0n) is 8.72. The van der Waals surface area contributed by atoms with E-state index in [1.54, 1.807) is 0 Å². The Morgan fingerprint density at radius 2 is 2.07 bits per heavy atom. The summed E-state index contributed by atoms with van der Waals surface area (Å²) < 4.78 is 10.8. The number of fused-ring (bicyclic) bond motifs is 2. The number of carbonyl (C=O) groups excluding carboxylic acids is 1. The quantitative estimate of drug-likeness (QED) is 0.401. The number of epoxide rings is 1. The predicted molar refractivity (Wildman–Crippen MR) is 54.1 cm³/mol. The molecule has 82 valence electrons. The summed E-state index contributed by atoms with van der Waals surface area (Å²) in [6.07, 6.45) is 5.40. The van der Waals surface area contributed by atoms with Crippen LogP contribution >= 0.6 is 0 Å². The van der Waals surface area contributed by atoms with Crippen molar-refractivity contribution in [2.75, 3.05) is 6.61 Å². The van der Waals surface area contributed by atoms with E-state index in [2.05, 4.69) is 6.58 Å². The summed E-state index contributed by atoms with van der Waals surface area (Å²) >= 11 is 0. The van der Waals surface area contributed by atoms with Crippen molar-refractivity contribution < 1.29 is 14.3 Å². The van der Waals surface area contributed by atoms with Crippen LogP contribution in [-0.4, -0.2) is 24.8 Å². The smallest absolute Gasteiger partial charge is 0.330 e. The fraction of sp³-hybridized carbons (Fsp3) is 0.750. The summed E-state index contributed by atoms with van der Waals surface area (Å²) in [4.78, 5) is 11.2. The second-order valence-corrected chi connectivity index (χ2v) is 4.95. The number of rotatable bonds is 3. The van der Waals surface area contributed by atoms with Gasteiger partial charge in [-0.1, -0.05) is 6.58 Å². The first-order valence-electron chi connectivity index (χ1n) is 5.72. The molecule has 0 radical (unpaired) electrons.